The molecule has 2 rings (SSSR count). The van der Waals surface area contributed by atoms with Gasteiger partial charge >= 0.3 is 0 Å². The molecule has 11 heavy (non-hydrogen) atoms. The lowest BCUT2D eigenvalue weighted by Gasteiger charge is -2.27. The fourth-order valence-corrected chi connectivity index (χ4v) is 2.46. The summed E-state index contributed by atoms with van der Waals surface area (Å²) in [6, 6.07) is 0. The average Bonchev–Trinajstić information content (AvgIpc) is 2.45. The maximum absolute atomic E-state index is 1.50. The van der Waals surface area contributed by atoms with Gasteiger partial charge in [-0.15, -0.1) is 0 Å². The molecule has 2 aliphatic heterocycles. The zero-order valence-corrected chi connectivity index (χ0v) is 7.74. The van der Waals surface area contributed by atoms with E-state index >= 15 is 0 Å². The molecule has 2 aliphatic rings. The van der Waals surface area contributed by atoms with Crippen LogP contribution in [0.4, 0.5) is 0 Å². The van der Waals surface area contributed by atoms with Gasteiger partial charge in [-0.1, -0.05) is 0 Å². The summed E-state index contributed by atoms with van der Waals surface area (Å²) in [7, 11) is 0. The fraction of sp³-hybridized carbons (Fsp3) is 1.00. The Morgan fingerprint density at radius 2 is 0.909 bits per heavy atom. The second kappa shape index (κ2) is 4.29. The molecule has 0 aromatic carbocycles. The van der Waals surface area contributed by atoms with Crippen LogP contribution < -0.4 is 12.4 Å². The van der Waals surface area contributed by atoms with Gasteiger partial charge in [0.25, 0.3) is 0 Å². The Hall–Kier alpha value is 0.210. The van der Waals surface area contributed by atoms with E-state index < -0.39 is 0 Å². The van der Waals surface area contributed by atoms with Crippen LogP contribution in [0.25, 0.3) is 0 Å². The first kappa shape index (κ1) is 11.2. The van der Waals surface area contributed by atoms with Crippen LogP contribution in [0, 0.1) is 0 Å². The van der Waals surface area contributed by atoms with Crippen LogP contribution in [-0.2, 0) is 0 Å². The van der Waals surface area contributed by atoms with Crippen molar-refractivity contribution in [1.82, 2.24) is 0 Å². The number of quaternary nitrogens is 1. The number of nitrogens with zero attached hydrogens (tertiary/aromatic N) is 1. The average molecular weight is 180 g/mol. The van der Waals surface area contributed by atoms with E-state index in [1.807, 2.05) is 0 Å². The van der Waals surface area contributed by atoms with E-state index in [0.717, 1.165) is 0 Å². The van der Waals surface area contributed by atoms with Crippen molar-refractivity contribution in [3.8, 4) is 0 Å². The van der Waals surface area contributed by atoms with Crippen molar-refractivity contribution < 1.29 is 22.4 Å². The lowest BCUT2D eigenvalue weighted by atomic mass is 10.4. The summed E-state index contributed by atoms with van der Waals surface area (Å²) in [5.41, 5.74) is 0. The molecule has 0 unspecified atom stereocenters. The van der Waals surface area contributed by atoms with Gasteiger partial charge in [-0.2, -0.15) is 0 Å². The summed E-state index contributed by atoms with van der Waals surface area (Å²) < 4.78 is 1.50. The van der Waals surface area contributed by atoms with Gasteiger partial charge in [0.1, 0.15) is 0 Å². The molecule has 2 fully saturated rings. The molecule has 3 heteroatoms. The Bertz CT molecular complexity index is 89.1. The highest BCUT2D eigenvalue weighted by molar-refractivity contribution is 4.60. The first-order valence-corrected chi connectivity index (χ1v) is 4.26. The maximum Gasteiger partial charge on any atom is 0.0788 e. The van der Waals surface area contributed by atoms with Crippen molar-refractivity contribution in [2.24, 2.45) is 0 Å². The minimum Gasteiger partial charge on any atom is -1.00 e. The Balaban J connectivity index is 0.000000500. The predicted octanol–water partition coefficient (Wildman–Crippen LogP) is -2.43. The van der Waals surface area contributed by atoms with Crippen molar-refractivity contribution in [2.45, 2.75) is 25.7 Å². The van der Waals surface area contributed by atoms with E-state index in [1.54, 1.807) is 0 Å². The van der Waals surface area contributed by atoms with Gasteiger partial charge in [-0.05, 0) is 0 Å². The second-order valence-corrected chi connectivity index (χ2v) is 3.65. The van der Waals surface area contributed by atoms with Crippen LogP contribution in [0.2, 0.25) is 0 Å². The molecule has 0 bridgehead atoms. The molecular weight excluding hydrogens is 162 g/mol. The summed E-state index contributed by atoms with van der Waals surface area (Å²) in [4.78, 5) is 0. The van der Waals surface area contributed by atoms with E-state index in [9.17, 15) is 0 Å². The lowest BCUT2D eigenvalue weighted by Crippen LogP contribution is -3.00. The van der Waals surface area contributed by atoms with Gasteiger partial charge in [0.2, 0.25) is 0 Å². The molecular formula is C8H18ClNO. The minimum absolute atomic E-state index is 0. The van der Waals surface area contributed by atoms with E-state index in [2.05, 4.69) is 0 Å². The molecule has 0 aromatic heterocycles. The highest BCUT2D eigenvalue weighted by Gasteiger charge is 2.34. The highest BCUT2D eigenvalue weighted by atomic mass is 35.5. The van der Waals surface area contributed by atoms with E-state index in [1.165, 1.54) is 56.3 Å². The summed E-state index contributed by atoms with van der Waals surface area (Å²) in [6.07, 6.45) is 6.00. The van der Waals surface area contributed by atoms with Crippen molar-refractivity contribution >= 4 is 0 Å². The predicted molar refractivity (Wildman–Crippen MR) is 41.8 cm³/mol. The lowest BCUT2D eigenvalue weighted by molar-refractivity contribution is -0.904. The third-order valence-electron chi connectivity index (χ3n) is 3.03. The molecule has 68 valence electrons. The normalized spacial score (nSPS) is 26.2. The molecule has 0 saturated carbocycles. The van der Waals surface area contributed by atoms with Crippen molar-refractivity contribution in [2.75, 3.05) is 26.2 Å². The van der Waals surface area contributed by atoms with Gasteiger partial charge in [-0.25, -0.2) is 0 Å². The molecule has 0 atom stereocenters. The fourth-order valence-electron chi connectivity index (χ4n) is 2.46. The smallest absolute Gasteiger partial charge is 0.0788 e. The second-order valence-electron chi connectivity index (χ2n) is 3.65. The quantitative estimate of drug-likeness (QED) is 0.371. The van der Waals surface area contributed by atoms with Crippen LogP contribution in [-0.4, -0.2) is 36.1 Å². The zero-order valence-electron chi connectivity index (χ0n) is 6.98. The molecule has 1 spiro atoms. The molecule has 0 radical (unpaired) electrons. The number of rotatable bonds is 0. The summed E-state index contributed by atoms with van der Waals surface area (Å²) >= 11 is 0. The summed E-state index contributed by atoms with van der Waals surface area (Å²) in [5.74, 6) is 0. The maximum atomic E-state index is 1.50. The SMILES string of the molecule is C1CC[N+]2(C1)CCCC2.O.[Cl-]. The van der Waals surface area contributed by atoms with Crippen LogP contribution in [0.3, 0.4) is 0 Å². The largest absolute Gasteiger partial charge is 1.00 e. The van der Waals surface area contributed by atoms with E-state index in [0.29, 0.717) is 0 Å². The Morgan fingerprint density at radius 3 is 1.18 bits per heavy atom. The molecule has 0 aliphatic carbocycles. The molecule has 2 nitrogen and oxygen atoms in total. The Morgan fingerprint density at radius 1 is 0.636 bits per heavy atom. The van der Waals surface area contributed by atoms with Gasteiger partial charge in [0, 0.05) is 25.7 Å². The summed E-state index contributed by atoms with van der Waals surface area (Å²) in [6.45, 7) is 6.00. The first-order chi connectivity index (χ1) is 4.41. The number of hydrogen-bond acceptors (Lipinski definition) is 0. The van der Waals surface area contributed by atoms with Gasteiger partial charge < -0.3 is 22.4 Å². The monoisotopic (exact) mass is 179 g/mol. The molecule has 2 saturated heterocycles. The third-order valence-corrected chi connectivity index (χ3v) is 3.03. The van der Waals surface area contributed by atoms with Crippen LogP contribution >= 0.6 is 0 Å². The molecule has 2 N–H and O–H groups in total. The Kier molecular flexibility index (Phi) is 4.37. The first-order valence-electron chi connectivity index (χ1n) is 4.26. The minimum atomic E-state index is 0. The van der Waals surface area contributed by atoms with Crippen LogP contribution in [0.15, 0.2) is 0 Å². The standard InChI is InChI=1S/C8H16N.ClH.H2O/c1-2-6-9(5-1)7-3-4-8-9;;/h1-8H2;1H;1H2/q+1;;/p-1. The van der Waals surface area contributed by atoms with E-state index in [-0.39, 0.29) is 17.9 Å². The van der Waals surface area contributed by atoms with Crippen LogP contribution in [0.5, 0.6) is 0 Å². The number of halogens is 1. The highest BCUT2D eigenvalue weighted by Crippen LogP contribution is 2.25. The van der Waals surface area contributed by atoms with Crippen molar-refractivity contribution in [3.63, 3.8) is 0 Å². The molecule has 2 heterocycles. The molecule has 0 amide bonds. The van der Waals surface area contributed by atoms with Gasteiger partial charge in [-0.3, -0.25) is 0 Å². The Labute approximate surface area is 74.9 Å². The van der Waals surface area contributed by atoms with Crippen molar-refractivity contribution in [1.29, 1.82) is 0 Å². The van der Waals surface area contributed by atoms with Crippen LogP contribution in [0.1, 0.15) is 25.7 Å². The number of hydrogen-bond donors (Lipinski definition) is 0. The molecule has 0 aromatic rings. The topological polar surface area (TPSA) is 31.5 Å². The third kappa shape index (κ3) is 2.08. The zero-order chi connectivity index (χ0) is 6.16. The van der Waals surface area contributed by atoms with Gasteiger partial charge in [0.15, 0.2) is 0 Å². The van der Waals surface area contributed by atoms with E-state index in [4.69, 9.17) is 0 Å². The summed E-state index contributed by atoms with van der Waals surface area (Å²) in [5, 5.41) is 0. The van der Waals surface area contributed by atoms with Crippen molar-refractivity contribution in [3.05, 3.63) is 0 Å². The van der Waals surface area contributed by atoms with Gasteiger partial charge in [0.05, 0.1) is 26.2 Å².